The Balaban J connectivity index is 2.05. The highest BCUT2D eigenvalue weighted by atomic mass is 32.2. The van der Waals surface area contributed by atoms with Crippen molar-refractivity contribution in [3.05, 3.63) is 6.20 Å². The number of aromatic nitrogens is 2. The third-order valence-corrected chi connectivity index (χ3v) is 6.50. The minimum absolute atomic E-state index is 0.00678. The van der Waals surface area contributed by atoms with Gasteiger partial charge in [-0.2, -0.15) is 16.9 Å². The largest absolute Gasteiger partial charge is 0.381 e. The Labute approximate surface area is 130 Å². The Kier molecular flexibility index (Phi) is 5.56. The van der Waals surface area contributed by atoms with E-state index in [0.717, 1.165) is 32.1 Å². The summed E-state index contributed by atoms with van der Waals surface area (Å²) in [6, 6.07) is 0.00678. The SMILES string of the molecule is CCCn1cc(S(=O)(=O)NC2CCC(SC)CC2)c(N)n1. The van der Waals surface area contributed by atoms with Crippen LogP contribution in [0.5, 0.6) is 0 Å². The van der Waals surface area contributed by atoms with Crippen LogP contribution < -0.4 is 10.5 Å². The van der Waals surface area contributed by atoms with E-state index in [-0.39, 0.29) is 16.8 Å². The molecule has 0 spiro atoms. The fraction of sp³-hybridized carbons (Fsp3) is 0.769. The van der Waals surface area contributed by atoms with Crippen molar-refractivity contribution in [3.8, 4) is 0 Å². The molecule has 2 rings (SSSR count). The van der Waals surface area contributed by atoms with E-state index < -0.39 is 10.0 Å². The number of nitrogens with zero attached hydrogens (tertiary/aromatic N) is 2. The van der Waals surface area contributed by atoms with Crippen LogP contribution in [-0.2, 0) is 16.6 Å². The first-order chi connectivity index (χ1) is 9.96. The van der Waals surface area contributed by atoms with Gasteiger partial charge in [0.25, 0.3) is 0 Å². The van der Waals surface area contributed by atoms with Gasteiger partial charge in [0.05, 0.1) is 0 Å². The highest BCUT2D eigenvalue weighted by Gasteiger charge is 2.27. The molecule has 0 unspecified atom stereocenters. The maximum absolute atomic E-state index is 12.4. The van der Waals surface area contributed by atoms with Crippen LogP contribution in [0.25, 0.3) is 0 Å². The zero-order valence-electron chi connectivity index (χ0n) is 12.6. The molecule has 1 aromatic heterocycles. The summed E-state index contributed by atoms with van der Waals surface area (Å²) in [7, 11) is -3.58. The van der Waals surface area contributed by atoms with Crippen molar-refractivity contribution in [1.82, 2.24) is 14.5 Å². The number of rotatable bonds is 6. The third-order valence-electron chi connectivity index (χ3n) is 3.83. The molecule has 6 nitrogen and oxygen atoms in total. The van der Waals surface area contributed by atoms with Gasteiger partial charge in [0, 0.05) is 24.0 Å². The molecule has 0 saturated heterocycles. The van der Waals surface area contributed by atoms with E-state index in [9.17, 15) is 8.42 Å². The van der Waals surface area contributed by atoms with E-state index in [1.165, 1.54) is 6.20 Å². The highest BCUT2D eigenvalue weighted by molar-refractivity contribution is 7.99. The van der Waals surface area contributed by atoms with E-state index in [4.69, 9.17) is 5.73 Å². The molecule has 1 heterocycles. The Morgan fingerprint density at radius 3 is 2.67 bits per heavy atom. The molecule has 0 aliphatic heterocycles. The van der Waals surface area contributed by atoms with Gasteiger partial charge in [-0.15, -0.1) is 0 Å². The first-order valence-corrected chi connectivity index (χ1v) is 10.1. The average molecular weight is 332 g/mol. The van der Waals surface area contributed by atoms with Crippen molar-refractivity contribution < 1.29 is 8.42 Å². The molecule has 3 N–H and O–H groups in total. The number of aryl methyl sites for hydroxylation is 1. The molecule has 0 atom stereocenters. The summed E-state index contributed by atoms with van der Waals surface area (Å²) in [6.45, 7) is 2.67. The lowest BCUT2D eigenvalue weighted by Crippen LogP contribution is -2.38. The van der Waals surface area contributed by atoms with Crippen LogP contribution in [-0.4, -0.2) is 35.7 Å². The first kappa shape index (κ1) is 16.6. The summed E-state index contributed by atoms with van der Waals surface area (Å²) < 4.78 is 29.3. The van der Waals surface area contributed by atoms with Gasteiger partial charge in [0.1, 0.15) is 4.90 Å². The van der Waals surface area contributed by atoms with Crippen molar-refractivity contribution in [2.45, 2.75) is 61.8 Å². The molecule has 1 saturated carbocycles. The normalized spacial score (nSPS) is 23.3. The number of anilines is 1. The first-order valence-electron chi connectivity index (χ1n) is 7.34. The van der Waals surface area contributed by atoms with E-state index in [1.807, 2.05) is 18.7 Å². The number of hydrogen-bond donors (Lipinski definition) is 2. The molecule has 120 valence electrons. The van der Waals surface area contributed by atoms with E-state index in [2.05, 4.69) is 16.1 Å². The van der Waals surface area contributed by atoms with Crippen LogP contribution in [0.15, 0.2) is 11.1 Å². The summed E-state index contributed by atoms with van der Waals surface area (Å²) >= 11 is 1.86. The number of hydrogen-bond acceptors (Lipinski definition) is 5. The van der Waals surface area contributed by atoms with Crippen LogP contribution >= 0.6 is 11.8 Å². The van der Waals surface area contributed by atoms with Gasteiger partial charge >= 0.3 is 0 Å². The maximum atomic E-state index is 12.4. The predicted molar refractivity (Wildman–Crippen MR) is 86.8 cm³/mol. The Bertz CT molecular complexity index is 563. The number of thioether (sulfide) groups is 1. The fourth-order valence-corrected chi connectivity index (χ4v) is 4.79. The van der Waals surface area contributed by atoms with Gasteiger partial charge in [0.2, 0.25) is 10.0 Å². The maximum Gasteiger partial charge on any atom is 0.246 e. The van der Waals surface area contributed by atoms with E-state index in [0.29, 0.717) is 11.8 Å². The Morgan fingerprint density at radius 2 is 2.10 bits per heavy atom. The summed E-state index contributed by atoms with van der Waals surface area (Å²) in [5.74, 6) is 0.0775. The van der Waals surface area contributed by atoms with Crippen LogP contribution in [0.4, 0.5) is 5.82 Å². The quantitative estimate of drug-likeness (QED) is 0.829. The van der Waals surface area contributed by atoms with Crippen molar-refractivity contribution >= 4 is 27.6 Å². The lowest BCUT2D eigenvalue weighted by Gasteiger charge is -2.27. The standard InChI is InChI=1S/C13H24N4O2S2/c1-3-8-17-9-12(13(14)15-17)21(18,19)16-10-4-6-11(20-2)7-5-10/h9-11,16H,3-8H2,1-2H3,(H2,14,15). The van der Waals surface area contributed by atoms with E-state index >= 15 is 0 Å². The van der Waals surface area contributed by atoms with E-state index in [1.54, 1.807) is 4.68 Å². The zero-order chi connectivity index (χ0) is 15.5. The van der Waals surface area contributed by atoms with Crippen LogP contribution in [0.3, 0.4) is 0 Å². The lowest BCUT2D eigenvalue weighted by atomic mass is 9.96. The molecule has 1 aromatic rings. The van der Waals surface area contributed by atoms with Gasteiger partial charge in [-0.25, -0.2) is 13.1 Å². The third kappa shape index (κ3) is 4.14. The minimum Gasteiger partial charge on any atom is -0.381 e. The summed E-state index contributed by atoms with van der Waals surface area (Å²) in [6.07, 6.45) is 8.39. The number of nitrogens with one attached hydrogen (secondary N) is 1. The Morgan fingerprint density at radius 1 is 1.43 bits per heavy atom. The topological polar surface area (TPSA) is 90.0 Å². The fourth-order valence-electron chi connectivity index (χ4n) is 2.67. The second-order valence-corrected chi connectivity index (χ2v) is 8.29. The minimum atomic E-state index is -3.58. The molecule has 1 aliphatic carbocycles. The van der Waals surface area contributed by atoms with Gasteiger partial charge < -0.3 is 5.73 Å². The molecule has 0 aromatic carbocycles. The second kappa shape index (κ2) is 7.02. The smallest absolute Gasteiger partial charge is 0.246 e. The predicted octanol–water partition coefficient (Wildman–Crippen LogP) is 1.83. The molecule has 0 amide bonds. The molecule has 0 bridgehead atoms. The van der Waals surface area contributed by atoms with Crippen LogP contribution in [0.1, 0.15) is 39.0 Å². The van der Waals surface area contributed by atoms with Gasteiger partial charge in [0.15, 0.2) is 5.82 Å². The summed E-state index contributed by atoms with van der Waals surface area (Å²) in [5, 5.41) is 4.71. The molecule has 0 radical (unpaired) electrons. The van der Waals surface area contributed by atoms with Crippen LogP contribution in [0, 0.1) is 0 Å². The van der Waals surface area contributed by atoms with Gasteiger partial charge in [-0.05, 0) is 38.4 Å². The zero-order valence-corrected chi connectivity index (χ0v) is 14.2. The molecule has 1 fully saturated rings. The van der Waals surface area contributed by atoms with Crippen molar-refractivity contribution in [2.24, 2.45) is 0 Å². The Hall–Kier alpha value is -0.730. The van der Waals surface area contributed by atoms with Gasteiger partial charge in [-0.3, -0.25) is 4.68 Å². The summed E-state index contributed by atoms with van der Waals surface area (Å²) in [5.41, 5.74) is 5.75. The monoisotopic (exact) mass is 332 g/mol. The number of sulfonamides is 1. The molecular formula is C13H24N4O2S2. The average Bonchev–Trinajstić information content (AvgIpc) is 2.81. The second-order valence-electron chi connectivity index (χ2n) is 5.47. The van der Waals surface area contributed by atoms with Gasteiger partial charge in [-0.1, -0.05) is 6.92 Å². The number of nitrogen functional groups attached to an aromatic ring is 1. The number of nitrogens with two attached hydrogens (primary N) is 1. The lowest BCUT2D eigenvalue weighted by molar-refractivity contribution is 0.420. The summed E-state index contributed by atoms with van der Waals surface area (Å²) in [4.78, 5) is 0.0999. The molecular weight excluding hydrogens is 308 g/mol. The van der Waals surface area contributed by atoms with Crippen molar-refractivity contribution in [2.75, 3.05) is 12.0 Å². The van der Waals surface area contributed by atoms with Crippen molar-refractivity contribution in [1.29, 1.82) is 0 Å². The molecule has 1 aliphatic rings. The molecule has 8 heteroatoms. The van der Waals surface area contributed by atoms with Crippen molar-refractivity contribution in [3.63, 3.8) is 0 Å². The highest BCUT2D eigenvalue weighted by Crippen LogP contribution is 2.28. The van der Waals surface area contributed by atoms with Crippen LogP contribution in [0.2, 0.25) is 0 Å². The molecule has 21 heavy (non-hydrogen) atoms.